The van der Waals surface area contributed by atoms with Gasteiger partial charge in [-0.3, -0.25) is 4.79 Å². The Labute approximate surface area is 149 Å². The van der Waals surface area contributed by atoms with Gasteiger partial charge in [0.25, 0.3) is 0 Å². The summed E-state index contributed by atoms with van der Waals surface area (Å²) in [6.45, 7) is 5.90. The molecule has 0 saturated carbocycles. The number of anilines is 1. The van der Waals surface area contributed by atoms with Crippen molar-refractivity contribution in [2.75, 3.05) is 43.9 Å². The van der Waals surface area contributed by atoms with Crippen molar-refractivity contribution >= 4 is 21.6 Å². The quantitative estimate of drug-likeness (QED) is 0.761. The normalized spacial score (nSPS) is 17.0. The van der Waals surface area contributed by atoms with E-state index in [-0.39, 0.29) is 24.3 Å². The van der Waals surface area contributed by atoms with Gasteiger partial charge in [-0.1, -0.05) is 6.92 Å². The lowest BCUT2D eigenvalue weighted by Crippen LogP contribution is -2.52. The summed E-state index contributed by atoms with van der Waals surface area (Å²) in [5.41, 5.74) is 0.922. The fourth-order valence-electron chi connectivity index (χ4n) is 2.90. The van der Waals surface area contributed by atoms with E-state index < -0.39 is 10.0 Å². The fraction of sp³-hybridized carbons (Fsp3) is 0.588. The van der Waals surface area contributed by atoms with Gasteiger partial charge in [0.05, 0.1) is 12.8 Å². The van der Waals surface area contributed by atoms with Crippen LogP contribution >= 0.6 is 0 Å². The second-order valence-electron chi connectivity index (χ2n) is 6.41. The Bertz CT molecular complexity index is 686. The Morgan fingerprint density at radius 1 is 1.20 bits per heavy atom. The zero-order chi connectivity index (χ0) is 18.6. The summed E-state index contributed by atoms with van der Waals surface area (Å²) in [5, 5.41) is 0. The van der Waals surface area contributed by atoms with E-state index in [1.54, 1.807) is 24.0 Å². The molecule has 8 heteroatoms. The highest BCUT2D eigenvalue weighted by atomic mass is 32.2. The summed E-state index contributed by atoms with van der Waals surface area (Å²) < 4.78 is 38.1. The van der Waals surface area contributed by atoms with E-state index in [1.807, 2.05) is 6.92 Å². The molecule has 1 aliphatic rings. The van der Waals surface area contributed by atoms with E-state index in [9.17, 15) is 17.6 Å². The van der Waals surface area contributed by atoms with Crippen molar-refractivity contribution in [1.29, 1.82) is 0 Å². The molecule has 6 nitrogen and oxygen atoms in total. The predicted octanol–water partition coefficient (Wildman–Crippen LogP) is 1.53. The average molecular weight is 371 g/mol. The van der Waals surface area contributed by atoms with Crippen LogP contribution in [0.2, 0.25) is 0 Å². The van der Waals surface area contributed by atoms with Crippen molar-refractivity contribution in [1.82, 2.24) is 9.21 Å². The van der Waals surface area contributed by atoms with Crippen molar-refractivity contribution in [2.45, 2.75) is 26.3 Å². The number of sulfonamides is 1. The van der Waals surface area contributed by atoms with Crippen LogP contribution in [-0.4, -0.2) is 68.6 Å². The highest BCUT2D eigenvalue weighted by Crippen LogP contribution is 2.17. The number of hydrogen-bond acceptors (Lipinski definition) is 4. The van der Waals surface area contributed by atoms with Crippen LogP contribution in [0.5, 0.6) is 0 Å². The molecule has 1 unspecified atom stereocenters. The molecule has 1 aromatic rings. The molecule has 0 radical (unpaired) electrons. The summed E-state index contributed by atoms with van der Waals surface area (Å²) in [7, 11) is -3.43. The third kappa shape index (κ3) is 5.15. The zero-order valence-electron chi connectivity index (χ0n) is 15.0. The van der Waals surface area contributed by atoms with Gasteiger partial charge in [0.15, 0.2) is 0 Å². The molecule has 0 spiro atoms. The number of amides is 1. The summed E-state index contributed by atoms with van der Waals surface area (Å²) in [5.74, 6) is -0.451. The van der Waals surface area contributed by atoms with Crippen molar-refractivity contribution in [3.05, 3.63) is 30.1 Å². The van der Waals surface area contributed by atoms with Gasteiger partial charge in [-0.25, -0.2) is 12.8 Å². The van der Waals surface area contributed by atoms with Gasteiger partial charge in [-0.15, -0.1) is 0 Å². The molecule has 1 aliphatic heterocycles. The number of hydrogen-bond donors (Lipinski definition) is 0. The third-order valence-corrected chi connectivity index (χ3v) is 5.96. The minimum atomic E-state index is -3.43. The van der Waals surface area contributed by atoms with Crippen molar-refractivity contribution in [2.24, 2.45) is 0 Å². The number of piperazine rings is 1. The Morgan fingerprint density at radius 2 is 1.76 bits per heavy atom. The molecule has 140 valence electrons. The molecular formula is C17H26FN3O3S. The first kappa shape index (κ1) is 19.7. The molecule has 1 amide bonds. The number of nitrogens with zero attached hydrogens (tertiary/aromatic N) is 3. The fourth-order valence-corrected chi connectivity index (χ4v) is 4.05. The van der Waals surface area contributed by atoms with E-state index in [4.69, 9.17) is 0 Å². The SMILES string of the molecule is CCC(C)N(CC(=O)N1CCN(c2ccc(F)cc2)CC1)S(C)(=O)=O. The van der Waals surface area contributed by atoms with Gasteiger partial charge in [0, 0.05) is 37.9 Å². The van der Waals surface area contributed by atoms with Gasteiger partial charge in [-0.05, 0) is 37.6 Å². The zero-order valence-corrected chi connectivity index (χ0v) is 15.8. The van der Waals surface area contributed by atoms with E-state index >= 15 is 0 Å². The molecule has 0 aliphatic carbocycles. The first-order chi connectivity index (χ1) is 11.7. The molecule has 1 fully saturated rings. The Balaban J connectivity index is 1.95. The van der Waals surface area contributed by atoms with E-state index in [0.29, 0.717) is 32.6 Å². The predicted molar refractivity (Wildman–Crippen MR) is 96.5 cm³/mol. The number of carbonyl (C=O) groups excluding carboxylic acids is 1. The number of rotatable bonds is 6. The highest BCUT2D eigenvalue weighted by Gasteiger charge is 2.28. The molecular weight excluding hydrogens is 345 g/mol. The summed E-state index contributed by atoms with van der Waals surface area (Å²) in [6.07, 6.45) is 1.79. The van der Waals surface area contributed by atoms with Crippen LogP contribution in [0, 0.1) is 5.82 Å². The smallest absolute Gasteiger partial charge is 0.238 e. The maximum absolute atomic E-state index is 13.0. The maximum Gasteiger partial charge on any atom is 0.238 e. The topological polar surface area (TPSA) is 60.9 Å². The van der Waals surface area contributed by atoms with E-state index in [2.05, 4.69) is 4.90 Å². The second kappa shape index (κ2) is 8.14. The van der Waals surface area contributed by atoms with Crippen molar-refractivity contribution < 1.29 is 17.6 Å². The lowest BCUT2D eigenvalue weighted by atomic mass is 10.2. The van der Waals surface area contributed by atoms with Gasteiger partial charge in [-0.2, -0.15) is 4.31 Å². The van der Waals surface area contributed by atoms with Crippen molar-refractivity contribution in [3.63, 3.8) is 0 Å². The Kier molecular flexibility index (Phi) is 6.40. The third-order valence-electron chi connectivity index (χ3n) is 4.62. The minimum Gasteiger partial charge on any atom is -0.368 e. The van der Waals surface area contributed by atoms with Gasteiger partial charge in [0.1, 0.15) is 5.82 Å². The summed E-state index contributed by atoms with van der Waals surface area (Å²) in [6, 6.07) is 6.08. The van der Waals surface area contributed by atoms with Crippen LogP contribution in [0.15, 0.2) is 24.3 Å². The van der Waals surface area contributed by atoms with Gasteiger partial charge in [0.2, 0.25) is 15.9 Å². The summed E-state index contributed by atoms with van der Waals surface area (Å²) >= 11 is 0. The maximum atomic E-state index is 13.0. The van der Waals surface area contributed by atoms with E-state index in [1.165, 1.54) is 16.4 Å². The molecule has 25 heavy (non-hydrogen) atoms. The molecule has 0 bridgehead atoms. The van der Waals surface area contributed by atoms with Gasteiger partial charge >= 0.3 is 0 Å². The van der Waals surface area contributed by atoms with E-state index in [0.717, 1.165) is 11.9 Å². The molecule has 1 atom stereocenters. The standard InChI is InChI=1S/C17H26FN3O3S/c1-4-14(2)21(25(3,23)24)13-17(22)20-11-9-19(10-12-20)16-7-5-15(18)6-8-16/h5-8,14H,4,9-13H2,1-3H3. The molecule has 0 N–H and O–H groups in total. The van der Waals surface area contributed by atoms with Crippen LogP contribution in [0.25, 0.3) is 0 Å². The average Bonchev–Trinajstić information content (AvgIpc) is 2.58. The Hall–Kier alpha value is -1.67. The number of benzene rings is 1. The Morgan fingerprint density at radius 3 is 2.24 bits per heavy atom. The number of carbonyl (C=O) groups is 1. The first-order valence-corrected chi connectivity index (χ1v) is 10.3. The molecule has 1 heterocycles. The molecule has 1 saturated heterocycles. The first-order valence-electron chi connectivity index (χ1n) is 8.47. The molecule has 0 aromatic heterocycles. The van der Waals surface area contributed by atoms with Crippen LogP contribution in [0.3, 0.4) is 0 Å². The van der Waals surface area contributed by atoms with Crippen LogP contribution in [0.1, 0.15) is 20.3 Å². The lowest BCUT2D eigenvalue weighted by Gasteiger charge is -2.37. The summed E-state index contributed by atoms with van der Waals surface area (Å²) in [4.78, 5) is 16.3. The van der Waals surface area contributed by atoms with Crippen molar-refractivity contribution in [3.8, 4) is 0 Å². The minimum absolute atomic E-state index is 0.121. The van der Waals surface area contributed by atoms with Crippen LogP contribution < -0.4 is 4.90 Å². The number of halogens is 1. The highest BCUT2D eigenvalue weighted by molar-refractivity contribution is 7.88. The largest absolute Gasteiger partial charge is 0.368 e. The van der Waals surface area contributed by atoms with Gasteiger partial charge < -0.3 is 9.80 Å². The monoisotopic (exact) mass is 371 g/mol. The molecule has 1 aromatic carbocycles. The molecule has 2 rings (SSSR count). The second-order valence-corrected chi connectivity index (χ2v) is 8.34. The van der Waals surface area contributed by atoms with Crippen LogP contribution in [-0.2, 0) is 14.8 Å². The van der Waals surface area contributed by atoms with Crippen LogP contribution in [0.4, 0.5) is 10.1 Å². The lowest BCUT2D eigenvalue weighted by molar-refractivity contribution is -0.132.